The summed E-state index contributed by atoms with van der Waals surface area (Å²) in [6, 6.07) is -0.656. The first-order valence-electron chi connectivity index (χ1n) is 21.3. The number of nitrogens with two attached hydrogens (primary N) is 1. The fourth-order valence-corrected chi connectivity index (χ4v) is 12.4. The number of amides is 2. The van der Waals surface area contributed by atoms with Gasteiger partial charge in [0.05, 0.1) is 6.04 Å². The molecule has 2 N–H and O–H groups in total. The standard InChI is InChI=1S/C44H72N4O5/c1-39(2,3)33(24-32(49)25-42(16-10-9-11-17-42)28-47-21-20-46(8)40(4,5)27-47)38(53)48-29-44(41(6,7)43(44)18-13-19-43)26-34(48)35(50)23-31(36(51)37(45)52)22-30-14-12-15-30/h30-31,33-34H,9-29H2,1-8H3,(H2,45,52)/t31?,33-,34+,44-/m1/s1. The minimum atomic E-state index is -0.979. The number of primary amides is 1. The van der Waals surface area contributed by atoms with Crippen LogP contribution in [0.5, 0.6) is 0 Å². The Bertz CT molecular complexity index is 1450. The van der Waals surface area contributed by atoms with Gasteiger partial charge < -0.3 is 10.6 Å². The number of likely N-dealkylation sites (N-methyl/N-ethyl adjacent to an activating group) is 1. The molecule has 2 heterocycles. The lowest BCUT2D eigenvalue weighted by Gasteiger charge is -2.49. The highest BCUT2D eigenvalue weighted by atomic mass is 16.2. The molecular formula is C44H72N4O5. The number of likely N-dealkylation sites (tertiary alicyclic amines) is 1. The molecule has 2 amide bonds. The van der Waals surface area contributed by atoms with Crippen molar-refractivity contribution in [1.29, 1.82) is 0 Å². The molecule has 2 aliphatic heterocycles. The lowest BCUT2D eigenvalue weighted by molar-refractivity contribution is -0.147. The lowest BCUT2D eigenvalue weighted by Crippen LogP contribution is -2.59. The van der Waals surface area contributed by atoms with Crippen molar-refractivity contribution in [1.82, 2.24) is 14.7 Å². The first kappa shape index (κ1) is 40.5. The molecule has 0 bridgehead atoms. The molecule has 0 radical (unpaired) electrons. The first-order chi connectivity index (χ1) is 24.7. The quantitative estimate of drug-likeness (QED) is 0.200. The van der Waals surface area contributed by atoms with Gasteiger partial charge in [-0.25, -0.2) is 0 Å². The number of hydrogen-bond acceptors (Lipinski definition) is 7. The largest absolute Gasteiger partial charge is 0.363 e. The fraction of sp³-hybridized carbons (Fsp3) is 0.886. The molecule has 0 aromatic rings. The van der Waals surface area contributed by atoms with E-state index in [1.807, 2.05) is 4.90 Å². The SMILES string of the molecule is CN1CCN(CC2(CC(=O)C[C@H](C(=O)N3C[C@]4(C[C@H]3C(=O)CC(CC3CCC3)C(=O)C(N)=O)C(C)(C)C43CCC3)C(C)(C)C)CCCCC2)CC1(C)C. The first-order valence-corrected chi connectivity index (χ1v) is 21.3. The summed E-state index contributed by atoms with van der Waals surface area (Å²) in [6.45, 7) is 19.9. The van der Waals surface area contributed by atoms with Crippen LogP contribution in [0.15, 0.2) is 0 Å². The minimum Gasteiger partial charge on any atom is -0.363 e. The van der Waals surface area contributed by atoms with E-state index in [0.717, 1.165) is 84.0 Å². The van der Waals surface area contributed by atoms with Gasteiger partial charge in [0.25, 0.3) is 5.91 Å². The Morgan fingerprint density at radius 2 is 1.47 bits per heavy atom. The number of carbonyl (C=O) groups excluding carboxylic acids is 5. The fourth-order valence-electron chi connectivity index (χ4n) is 12.4. The molecule has 6 aliphatic rings. The molecule has 4 aliphatic carbocycles. The van der Waals surface area contributed by atoms with Crippen molar-refractivity contribution in [3.05, 3.63) is 0 Å². The average Bonchev–Trinajstić information content (AvgIpc) is 3.24. The summed E-state index contributed by atoms with van der Waals surface area (Å²) in [4.78, 5) is 76.1. The van der Waals surface area contributed by atoms with Gasteiger partial charge in [-0.15, -0.1) is 0 Å². The van der Waals surface area contributed by atoms with Crippen molar-refractivity contribution >= 4 is 29.2 Å². The van der Waals surface area contributed by atoms with Gasteiger partial charge >= 0.3 is 0 Å². The molecule has 9 heteroatoms. The van der Waals surface area contributed by atoms with Crippen molar-refractivity contribution in [3.63, 3.8) is 0 Å². The number of piperazine rings is 1. The second kappa shape index (κ2) is 14.4. The van der Waals surface area contributed by atoms with E-state index in [4.69, 9.17) is 5.73 Å². The van der Waals surface area contributed by atoms with Crippen LogP contribution in [0.4, 0.5) is 0 Å². The number of carbonyl (C=O) groups is 5. The maximum absolute atomic E-state index is 15.1. The van der Waals surface area contributed by atoms with Crippen LogP contribution in [-0.2, 0) is 24.0 Å². The third-order valence-corrected chi connectivity index (χ3v) is 16.6. The summed E-state index contributed by atoms with van der Waals surface area (Å²) in [5.41, 5.74) is 5.01. The molecule has 53 heavy (non-hydrogen) atoms. The summed E-state index contributed by atoms with van der Waals surface area (Å²) >= 11 is 0. The average molecular weight is 737 g/mol. The van der Waals surface area contributed by atoms with Gasteiger partial charge in [-0.2, -0.15) is 0 Å². The Balaban J connectivity index is 1.23. The summed E-state index contributed by atoms with van der Waals surface area (Å²) in [6.07, 6.45) is 13.8. The molecule has 4 atom stereocenters. The number of rotatable bonds is 14. The second-order valence-electron chi connectivity index (χ2n) is 21.3. The summed E-state index contributed by atoms with van der Waals surface area (Å²) in [5.74, 6) is -2.64. The normalized spacial score (nSPS) is 30.3. The van der Waals surface area contributed by atoms with E-state index in [0.29, 0.717) is 31.7 Å². The van der Waals surface area contributed by atoms with Gasteiger partial charge in [0.1, 0.15) is 5.78 Å². The van der Waals surface area contributed by atoms with Gasteiger partial charge in [-0.3, -0.25) is 33.8 Å². The predicted molar refractivity (Wildman–Crippen MR) is 208 cm³/mol. The van der Waals surface area contributed by atoms with E-state index in [2.05, 4.69) is 65.3 Å². The van der Waals surface area contributed by atoms with E-state index in [9.17, 15) is 19.2 Å². The number of hydrogen-bond donors (Lipinski definition) is 1. The van der Waals surface area contributed by atoms with Crippen molar-refractivity contribution in [3.8, 4) is 0 Å². The Kier molecular flexibility index (Phi) is 11.0. The highest BCUT2D eigenvalue weighted by molar-refractivity contribution is 6.36. The van der Waals surface area contributed by atoms with Crippen molar-refractivity contribution in [2.45, 2.75) is 163 Å². The minimum absolute atomic E-state index is 0.00157. The molecule has 6 rings (SSSR count). The molecule has 0 aromatic carbocycles. The molecule has 0 aromatic heterocycles. The number of fused-ring (bicyclic) bond motifs is 1. The monoisotopic (exact) mass is 737 g/mol. The Morgan fingerprint density at radius 3 is 1.98 bits per heavy atom. The third-order valence-electron chi connectivity index (χ3n) is 16.6. The number of nitrogens with zero attached hydrogens (tertiary/aromatic N) is 3. The Labute approximate surface area is 320 Å². The molecule has 1 unspecified atom stereocenters. The van der Waals surface area contributed by atoms with Crippen LogP contribution in [0.3, 0.4) is 0 Å². The number of ketones is 3. The van der Waals surface area contributed by atoms with Crippen LogP contribution in [0.1, 0.15) is 151 Å². The van der Waals surface area contributed by atoms with Gasteiger partial charge in [-0.05, 0) is 87.0 Å². The second-order valence-corrected chi connectivity index (χ2v) is 21.3. The van der Waals surface area contributed by atoms with Crippen LogP contribution < -0.4 is 5.73 Å². The van der Waals surface area contributed by atoms with Crippen LogP contribution in [0, 0.1) is 44.8 Å². The zero-order valence-corrected chi connectivity index (χ0v) is 34.6. The Morgan fingerprint density at radius 1 is 0.811 bits per heavy atom. The van der Waals surface area contributed by atoms with Gasteiger partial charge in [0.2, 0.25) is 11.7 Å². The van der Waals surface area contributed by atoms with Crippen molar-refractivity contribution < 1.29 is 24.0 Å². The summed E-state index contributed by atoms with van der Waals surface area (Å²) < 4.78 is 0. The predicted octanol–water partition coefficient (Wildman–Crippen LogP) is 6.59. The third kappa shape index (κ3) is 7.33. The topological polar surface area (TPSA) is 121 Å². The van der Waals surface area contributed by atoms with E-state index < -0.39 is 35.0 Å². The van der Waals surface area contributed by atoms with E-state index in [1.54, 1.807) is 0 Å². The van der Waals surface area contributed by atoms with Gasteiger partial charge in [-0.1, -0.05) is 79.6 Å². The zero-order chi connectivity index (χ0) is 38.8. The van der Waals surface area contributed by atoms with Crippen LogP contribution in [-0.4, -0.2) is 95.2 Å². The molecule has 9 nitrogen and oxygen atoms in total. The maximum atomic E-state index is 15.1. The van der Waals surface area contributed by atoms with E-state index >= 15 is 4.79 Å². The molecule has 4 saturated carbocycles. The molecule has 298 valence electrons. The van der Waals surface area contributed by atoms with Crippen LogP contribution in [0.25, 0.3) is 0 Å². The van der Waals surface area contributed by atoms with Crippen LogP contribution >= 0.6 is 0 Å². The Hall–Kier alpha value is -2.13. The van der Waals surface area contributed by atoms with E-state index in [-0.39, 0.29) is 57.5 Å². The van der Waals surface area contributed by atoms with Gasteiger partial charge in [0.15, 0.2) is 5.78 Å². The summed E-state index contributed by atoms with van der Waals surface area (Å²) in [7, 11) is 2.20. The van der Waals surface area contributed by atoms with Gasteiger partial charge in [0, 0.05) is 74.8 Å². The summed E-state index contributed by atoms with van der Waals surface area (Å²) in [5, 5.41) is 0. The molecule has 6 fully saturated rings. The number of Topliss-reactive ketones (excluding diaryl/α,β-unsaturated/α-hetero) is 3. The maximum Gasteiger partial charge on any atom is 0.285 e. The highest BCUT2D eigenvalue weighted by Gasteiger charge is 2.85. The lowest BCUT2D eigenvalue weighted by atomic mass is 9.68. The highest BCUT2D eigenvalue weighted by Crippen LogP contribution is 2.88. The molecular weight excluding hydrogens is 665 g/mol. The van der Waals surface area contributed by atoms with Crippen molar-refractivity contribution in [2.75, 3.05) is 39.8 Å². The zero-order valence-electron chi connectivity index (χ0n) is 34.6. The van der Waals surface area contributed by atoms with E-state index in [1.165, 1.54) is 12.8 Å². The molecule has 2 saturated heterocycles. The molecule has 2 spiro atoms. The van der Waals surface area contributed by atoms with Crippen molar-refractivity contribution in [2.24, 2.45) is 50.6 Å². The smallest absolute Gasteiger partial charge is 0.285 e. The van der Waals surface area contributed by atoms with Crippen LogP contribution in [0.2, 0.25) is 0 Å².